The highest BCUT2D eigenvalue weighted by Gasteiger charge is 2.21. The zero-order valence-electron chi connectivity index (χ0n) is 8.45. The third-order valence-electron chi connectivity index (χ3n) is 2.10. The van der Waals surface area contributed by atoms with Gasteiger partial charge in [0.25, 0.3) is 0 Å². The van der Waals surface area contributed by atoms with Crippen molar-refractivity contribution in [2.75, 3.05) is 13.0 Å². The third kappa shape index (κ3) is 2.61. The van der Waals surface area contributed by atoms with Gasteiger partial charge in [-0.3, -0.25) is 0 Å². The first kappa shape index (κ1) is 13.2. The number of alkyl halides is 1. The summed E-state index contributed by atoms with van der Waals surface area (Å²) in [6.07, 6.45) is -2.64. The van der Waals surface area contributed by atoms with Crippen LogP contribution >= 0.6 is 11.6 Å². The lowest BCUT2D eigenvalue weighted by atomic mass is 10.0. The fraction of sp³-hybridized carbons (Fsp3) is 0.400. The summed E-state index contributed by atoms with van der Waals surface area (Å²) in [6, 6.07) is 1.90. The van der Waals surface area contributed by atoms with Gasteiger partial charge in [0.1, 0.15) is 6.10 Å². The smallest absolute Gasteiger partial charge is 0.200 e. The van der Waals surface area contributed by atoms with Crippen LogP contribution in [0.2, 0.25) is 0 Å². The number of aliphatic hydroxyl groups is 2. The molecule has 16 heavy (non-hydrogen) atoms. The van der Waals surface area contributed by atoms with Crippen LogP contribution in [-0.2, 0) is 0 Å². The lowest BCUT2D eigenvalue weighted by Gasteiger charge is -2.16. The molecule has 6 heteroatoms. The Kier molecular flexibility index (Phi) is 4.46. The van der Waals surface area contributed by atoms with E-state index in [1.54, 1.807) is 0 Å². The van der Waals surface area contributed by atoms with Crippen LogP contribution in [0.15, 0.2) is 12.1 Å². The summed E-state index contributed by atoms with van der Waals surface area (Å²) < 4.78 is 30.7. The van der Waals surface area contributed by atoms with Gasteiger partial charge in [0.2, 0.25) is 5.82 Å². The highest BCUT2D eigenvalue weighted by atomic mass is 35.5. The lowest BCUT2D eigenvalue weighted by Crippen LogP contribution is -2.20. The molecule has 0 spiro atoms. The minimum Gasteiger partial charge on any atom is -0.494 e. The molecule has 0 saturated carbocycles. The monoisotopic (exact) mass is 252 g/mol. The summed E-state index contributed by atoms with van der Waals surface area (Å²) in [6.45, 7) is 0. The molecule has 2 N–H and O–H groups in total. The van der Waals surface area contributed by atoms with Crippen LogP contribution in [0.5, 0.6) is 5.75 Å². The summed E-state index contributed by atoms with van der Waals surface area (Å²) in [5.74, 6) is -2.85. The van der Waals surface area contributed by atoms with E-state index < -0.39 is 23.8 Å². The van der Waals surface area contributed by atoms with Crippen LogP contribution in [0.1, 0.15) is 11.7 Å². The number of ether oxygens (including phenoxy) is 1. The average Bonchev–Trinajstić information content (AvgIpc) is 2.30. The van der Waals surface area contributed by atoms with Gasteiger partial charge in [0, 0.05) is 0 Å². The third-order valence-corrected chi connectivity index (χ3v) is 2.42. The molecule has 0 aromatic heterocycles. The van der Waals surface area contributed by atoms with Gasteiger partial charge in [-0.15, -0.1) is 11.6 Å². The second-order valence-electron chi connectivity index (χ2n) is 3.19. The summed E-state index contributed by atoms with van der Waals surface area (Å²) in [7, 11) is 1.17. The first-order valence-electron chi connectivity index (χ1n) is 4.46. The van der Waals surface area contributed by atoms with Gasteiger partial charge in [-0.1, -0.05) is 0 Å². The van der Waals surface area contributed by atoms with Crippen LogP contribution in [0.3, 0.4) is 0 Å². The maximum absolute atomic E-state index is 13.1. The van der Waals surface area contributed by atoms with Gasteiger partial charge in [0.15, 0.2) is 11.6 Å². The van der Waals surface area contributed by atoms with E-state index in [-0.39, 0.29) is 17.2 Å². The van der Waals surface area contributed by atoms with Gasteiger partial charge in [-0.05, 0) is 17.7 Å². The van der Waals surface area contributed by atoms with Gasteiger partial charge in [0.05, 0.1) is 19.1 Å². The van der Waals surface area contributed by atoms with Crippen molar-refractivity contribution in [3.05, 3.63) is 29.3 Å². The van der Waals surface area contributed by atoms with Crippen LogP contribution in [0.4, 0.5) is 8.78 Å². The second kappa shape index (κ2) is 5.43. The van der Waals surface area contributed by atoms with E-state index in [4.69, 9.17) is 11.6 Å². The molecule has 1 rings (SSSR count). The van der Waals surface area contributed by atoms with Crippen molar-refractivity contribution < 1.29 is 23.7 Å². The Balaban J connectivity index is 3.10. The Hall–Kier alpha value is -0.910. The summed E-state index contributed by atoms with van der Waals surface area (Å²) >= 11 is 5.33. The molecule has 2 atom stereocenters. The SMILES string of the molecule is COc1cc(C(O)C(O)CCl)cc(F)c1F. The molecular weight excluding hydrogens is 242 g/mol. The highest BCUT2D eigenvalue weighted by molar-refractivity contribution is 6.18. The van der Waals surface area contributed by atoms with Crippen molar-refractivity contribution in [3.8, 4) is 5.75 Å². The predicted octanol–water partition coefficient (Wildman–Crippen LogP) is 1.61. The van der Waals surface area contributed by atoms with Gasteiger partial charge in [-0.25, -0.2) is 4.39 Å². The molecule has 1 aromatic rings. The van der Waals surface area contributed by atoms with Crippen molar-refractivity contribution in [2.45, 2.75) is 12.2 Å². The highest BCUT2D eigenvalue weighted by Crippen LogP contribution is 2.27. The first-order chi connectivity index (χ1) is 7.51. The molecule has 0 aliphatic carbocycles. The Morgan fingerprint density at radius 3 is 2.50 bits per heavy atom. The molecule has 90 valence electrons. The predicted molar refractivity (Wildman–Crippen MR) is 54.6 cm³/mol. The average molecular weight is 253 g/mol. The standard InChI is InChI=1S/C10H11ClF2O3/c1-16-8-3-5(2-6(12)9(8)13)10(15)7(14)4-11/h2-3,7,10,14-15H,4H2,1H3. The quantitative estimate of drug-likeness (QED) is 0.801. The number of halogens is 3. The van der Waals surface area contributed by atoms with E-state index in [0.717, 1.165) is 12.1 Å². The number of hydrogen-bond acceptors (Lipinski definition) is 3. The van der Waals surface area contributed by atoms with Crippen molar-refractivity contribution >= 4 is 11.6 Å². The fourth-order valence-corrected chi connectivity index (χ4v) is 1.38. The van der Waals surface area contributed by atoms with E-state index in [2.05, 4.69) is 4.74 Å². The largest absolute Gasteiger partial charge is 0.494 e. The molecule has 0 amide bonds. The zero-order chi connectivity index (χ0) is 12.3. The Morgan fingerprint density at radius 1 is 1.38 bits per heavy atom. The van der Waals surface area contributed by atoms with Crippen LogP contribution < -0.4 is 4.74 Å². The Morgan fingerprint density at radius 2 is 2.00 bits per heavy atom. The van der Waals surface area contributed by atoms with E-state index in [1.165, 1.54) is 7.11 Å². The van der Waals surface area contributed by atoms with Gasteiger partial charge in [-0.2, -0.15) is 4.39 Å². The maximum Gasteiger partial charge on any atom is 0.200 e. The van der Waals surface area contributed by atoms with Crippen LogP contribution in [0, 0.1) is 11.6 Å². The maximum atomic E-state index is 13.1. The van der Waals surface area contributed by atoms with Crippen molar-refractivity contribution in [3.63, 3.8) is 0 Å². The molecule has 0 bridgehead atoms. The molecule has 0 fully saturated rings. The number of methoxy groups -OCH3 is 1. The topological polar surface area (TPSA) is 49.7 Å². The molecule has 1 aromatic carbocycles. The normalized spacial score (nSPS) is 14.6. The number of benzene rings is 1. The van der Waals surface area contributed by atoms with Gasteiger partial charge < -0.3 is 14.9 Å². The van der Waals surface area contributed by atoms with Gasteiger partial charge >= 0.3 is 0 Å². The van der Waals surface area contributed by atoms with E-state index in [0.29, 0.717) is 0 Å². The first-order valence-corrected chi connectivity index (χ1v) is 4.99. The second-order valence-corrected chi connectivity index (χ2v) is 3.49. The van der Waals surface area contributed by atoms with Crippen molar-refractivity contribution in [1.82, 2.24) is 0 Å². The Bertz CT molecular complexity index is 373. The number of rotatable bonds is 4. The minimum atomic E-state index is -1.39. The molecule has 0 saturated heterocycles. The van der Waals surface area contributed by atoms with Crippen molar-refractivity contribution in [2.24, 2.45) is 0 Å². The molecule has 2 unspecified atom stereocenters. The van der Waals surface area contributed by atoms with E-state index >= 15 is 0 Å². The molecule has 0 heterocycles. The van der Waals surface area contributed by atoms with Crippen LogP contribution in [0.25, 0.3) is 0 Å². The van der Waals surface area contributed by atoms with E-state index in [9.17, 15) is 19.0 Å². The van der Waals surface area contributed by atoms with Crippen molar-refractivity contribution in [1.29, 1.82) is 0 Å². The molecule has 0 aliphatic rings. The minimum absolute atomic E-state index is 0.00361. The zero-order valence-corrected chi connectivity index (χ0v) is 9.21. The number of hydrogen-bond donors (Lipinski definition) is 2. The van der Waals surface area contributed by atoms with Crippen LogP contribution in [-0.4, -0.2) is 29.3 Å². The Labute approximate surface area is 96.2 Å². The molecule has 3 nitrogen and oxygen atoms in total. The fourth-order valence-electron chi connectivity index (χ4n) is 1.21. The molecule has 0 aliphatic heterocycles. The molecular formula is C10H11ClF2O3. The van der Waals surface area contributed by atoms with E-state index in [1.807, 2.05) is 0 Å². The number of aliphatic hydroxyl groups excluding tert-OH is 2. The lowest BCUT2D eigenvalue weighted by molar-refractivity contribution is 0.0323. The summed E-state index contributed by atoms with van der Waals surface area (Å²) in [5, 5.41) is 18.8. The summed E-state index contributed by atoms with van der Waals surface area (Å²) in [4.78, 5) is 0. The molecule has 0 radical (unpaired) electrons. The summed E-state index contributed by atoms with van der Waals surface area (Å²) in [5.41, 5.74) is 0.00361.